The second-order valence-corrected chi connectivity index (χ2v) is 4.63. The van der Waals surface area contributed by atoms with Gasteiger partial charge in [0.25, 0.3) is 0 Å². The fourth-order valence-corrected chi connectivity index (χ4v) is 2.28. The summed E-state index contributed by atoms with van der Waals surface area (Å²) >= 11 is 0. The van der Waals surface area contributed by atoms with E-state index in [0.29, 0.717) is 13.2 Å². The normalized spacial score (nSPS) is 13.5. The third-order valence-corrected chi connectivity index (χ3v) is 3.33. The van der Waals surface area contributed by atoms with Crippen LogP contribution in [0.15, 0.2) is 36.5 Å². The lowest BCUT2D eigenvalue weighted by Crippen LogP contribution is -2.15. The molecule has 1 aromatic heterocycles. The Morgan fingerprint density at radius 1 is 0.952 bits per heavy atom. The summed E-state index contributed by atoms with van der Waals surface area (Å²) in [6, 6.07) is 9.76. The molecular weight excluding hydrogens is 270 g/mol. The first-order chi connectivity index (χ1) is 10.3. The number of aromatic nitrogens is 1. The zero-order valence-corrected chi connectivity index (χ0v) is 12.0. The third kappa shape index (κ3) is 2.84. The first-order valence-electron chi connectivity index (χ1n) is 6.73. The second-order valence-electron chi connectivity index (χ2n) is 4.63. The molecule has 0 aliphatic carbocycles. The van der Waals surface area contributed by atoms with Crippen molar-refractivity contribution >= 4 is 0 Å². The van der Waals surface area contributed by atoms with Crippen LogP contribution in [0.3, 0.4) is 0 Å². The molecule has 1 aromatic carbocycles. The second kappa shape index (κ2) is 6.11. The molecule has 0 unspecified atom stereocenters. The van der Waals surface area contributed by atoms with Crippen molar-refractivity contribution in [3.63, 3.8) is 0 Å². The Kier molecular flexibility index (Phi) is 4.03. The monoisotopic (exact) mass is 287 g/mol. The van der Waals surface area contributed by atoms with Crippen LogP contribution >= 0.6 is 0 Å². The third-order valence-electron chi connectivity index (χ3n) is 3.33. The summed E-state index contributed by atoms with van der Waals surface area (Å²) in [4.78, 5) is 4.39. The van der Waals surface area contributed by atoms with Gasteiger partial charge in [-0.1, -0.05) is 12.1 Å². The average Bonchev–Trinajstić information content (AvgIpc) is 2.56. The quantitative estimate of drug-likeness (QED) is 0.809. The minimum atomic E-state index is -0.445. The van der Waals surface area contributed by atoms with Crippen molar-refractivity contribution in [2.45, 2.75) is 6.29 Å². The molecule has 21 heavy (non-hydrogen) atoms. The van der Waals surface area contributed by atoms with E-state index < -0.39 is 6.29 Å². The summed E-state index contributed by atoms with van der Waals surface area (Å²) < 4.78 is 21.5. The van der Waals surface area contributed by atoms with Gasteiger partial charge >= 0.3 is 0 Å². The summed E-state index contributed by atoms with van der Waals surface area (Å²) in [5.74, 6) is 1.56. The van der Waals surface area contributed by atoms with E-state index in [4.69, 9.17) is 18.9 Å². The number of hydrogen-bond donors (Lipinski definition) is 0. The van der Waals surface area contributed by atoms with Gasteiger partial charge in [-0.3, -0.25) is 4.98 Å². The van der Waals surface area contributed by atoms with E-state index in [-0.39, 0.29) is 0 Å². The van der Waals surface area contributed by atoms with Crippen LogP contribution in [0.5, 0.6) is 11.5 Å². The highest BCUT2D eigenvalue weighted by Gasteiger charge is 2.14. The lowest BCUT2D eigenvalue weighted by Gasteiger charge is -2.19. The van der Waals surface area contributed by atoms with Gasteiger partial charge in [0, 0.05) is 26.0 Å². The molecule has 5 nitrogen and oxygen atoms in total. The maximum Gasteiger partial charge on any atom is 0.200 e. The lowest BCUT2D eigenvalue weighted by molar-refractivity contribution is -0.108. The molecule has 0 radical (unpaired) electrons. The van der Waals surface area contributed by atoms with E-state index in [2.05, 4.69) is 4.98 Å². The SMILES string of the molecule is COC(OC)c1ccc(-c2ccc3c(c2)OCCO3)cn1. The minimum absolute atomic E-state index is 0.445. The Hall–Kier alpha value is -2.11. The van der Waals surface area contributed by atoms with Crippen molar-refractivity contribution in [3.05, 3.63) is 42.2 Å². The minimum Gasteiger partial charge on any atom is -0.486 e. The number of rotatable bonds is 4. The van der Waals surface area contributed by atoms with Gasteiger partial charge in [-0.25, -0.2) is 0 Å². The highest BCUT2D eigenvalue weighted by atomic mass is 16.7. The summed E-state index contributed by atoms with van der Waals surface area (Å²) in [5, 5.41) is 0. The van der Waals surface area contributed by atoms with Crippen molar-refractivity contribution in [2.75, 3.05) is 27.4 Å². The number of hydrogen-bond acceptors (Lipinski definition) is 5. The highest BCUT2D eigenvalue weighted by molar-refractivity contribution is 5.66. The van der Waals surface area contributed by atoms with E-state index in [0.717, 1.165) is 28.3 Å². The molecule has 0 atom stereocenters. The summed E-state index contributed by atoms with van der Waals surface area (Å²) in [5.41, 5.74) is 2.77. The Bertz CT molecular complexity index is 608. The maximum atomic E-state index is 5.60. The predicted molar refractivity (Wildman–Crippen MR) is 77.4 cm³/mol. The number of fused-ring (bicyclic) bond motifs is 1. The molecule has 0 bridgehead atoms. The Balaban J connectivity index is 1.87. The number of methoxy groups -OCH3 is 2. The fourth-order valence-electron chi connectivity index (χ4n) is 2.28. The van der Waals surface area contributed by atoms with Gasteiger partial charge in [0.15, 0.2) is 11.5 Å². The molecule has 110 valence electrons. The first-order valence-corrected chi connectivity index (χ1v) is 6.73. The Labute approximate surface area is 123 Å². The summed E-state index contributed by atoms with van der Waals surface area (Å²) in [7, 11) is 3.18. The molecule has 0 saturated heterocycles. The van der Waals surface area contributed by atoms with Gasteiger partial charge in [-0.2, -0.15) is 0 Å². The number of benzene rings is 1. The highest BCUT2D eigenvalue weighted by Crippen LogP contribution is 2.34. The predicted octanol–water partition coefficient (Wildman–Crippen LogP) is 2.81. The molecule has 2 heterocycles. The number of ether oxygens (including phenoxy) is 4. The van der Waals surface area contributed by atoms with Gasteiger partial charge in [-0.05, 0) is 23.8 Å². The Morgan fingerprint density at radius 3 is 2.33 bits per heavy atom. The summed E-state index contributed by atoms with van der Waals surface area (Å²) in [6.07, 6.45) is 1.35. The molecule has 3 rings (SSSR count). The van der Waals surface area contributed by atoms with Gasteiger partial charge in [-0.15, -0.1) is 0 Å². The first kappa shape index (κ1) is 13.9. The van der Waals surface area contributed by atoms with E-state index in [1.54, 1.807) is 20.4 Å². The molecule has 0 N–H and O–H groups in total. The molecule has 0 fully saturated rings. The van der Waals surface area contributed by atoms with Crippen molar-refractivity contribution in [3.8, 4) is 22.6 Å². The smallest absolute Gasteiger partial charge is 0.200 e. The Morgan fingerprint density at radius 2 is 1.67 bits per heavy atom. The molecule has 1 aliphatic heterocycles. The molecule has 5 heteroatoms. The van der Waals surface area contributed by atoms with Crippen LogP contribution in [0.2, 0.25) is 0 Å². The topological polar surface area (TPSA) is 49.8 Å². The fraction of sp³-hybridized carbons (Fsp3) is 0.312. The average molecular weight is 287 g/mol. The maximum absolute atomic E-state index is 5.60. The lowest BCUT2D eigenvalue weighted by atomic mass is 10.1. The summed E-state index contributed by atoms with van der Waals surface area (Å²) in [6.45, 7) is 1.18. The van der Waals surface area contributed by atoms with Crippen molar-refractivity contribution in [1.29, 1.82) is 0 Å². The van der Waals surface area contributed by atoms with Crippen molar-refractivity contribution in [1.82, 2.24) is 4.98 Å². The van der Waals surface area contributed by atoms with Gasteiger partial charge in [0.05, 0.1) is 5.69 Å². The number of nitrogens with zero attached hydrogens (tertiary/aromatic N) is 1. The van der Waals surface area contributed by atoms with Crippen LogP contribution in [0.25, 0.3) is 11.1 Å². The van der Waals surface area contributed by atoms with Crippen LogP contribution in [0.4, 0.5) is 0 Å². The zero-order valence-electron chi connectivity index (χ0n) is 12.0. The largest absolute Gasteiger partial charge is 0.486 e. The van der Waals surface area contributed by atoms with Crippen LogP contribution in [0.1, 0.15) is 12.0 Å². The van der Waals surface area contributed by atoms with E-state index in [1.165, 1.54) is 0 Å². The van der Waals surface area contributed by atoms with Crippen molar-refractivity contribution in [2.24, 2.45) is 0 Å². The molecular formula is C16H17NO4. The number of pyridine rings is 1. The van der Waals surface area contributed by atoms with Crippen molar-refractivity contribution < 1.29 is 18.9 Å². The molecule has 0 amide bonds. The van der Waals surface area contributed by atoms with Gasteiger partial charge < -0.3 is 18.9 Å². The standard InChI is InChI=1S/C16H17NO4/c1-18-16(19-2)13-5-3-12(10-17-13)11-4-6-14-15(9-11)21-8-7-20-14/h3-6,9-10,16H,7-8H2,1-2H3. The van der Waals surface area contributed by atoms with Gasteiger partial charge in [0.2, 0.25) is 6.29 Å². The molecule has 2 aromatic rings. The van der Waals surface area contributed by atoms with E-state index in [9.17, 15) is 0 Å². The van der Waals surface area contributed by atoms with E-state index >= 15 is 0 Å². The van der Waals surface area contributed by atoms with Crippen LogP contribution < -0.4 is 9.47 Å². The van der Waals surface area contributed by atoms with Crippen LogP contribution in [-0.2, 0) is 9.47 Å². The molecule has 0 spiro atoms. The molecule has 1 aliphatic rings. The van der Waals surface area contributed by atoms with E-state index in [1.807, 2.05) is 30.3 Å². The van der Waals surface area contributed by atoms with Crippen LogP contribution in [-0.4, -0.2) is 32.4 Å². The van der Waals surface area contributed by atoms with Gasteiger partial charge in [0.1, 0.15) is 13.2 Å². The van der Waals surface area contributed by atoms with Crippen LogP contribution in [0, 0.1) is 0 Å². The zero-order chi connectivity index (χ0) is 14.7. The molecule has 0 saturated carbocycles.